The van der Waals surface area contributed by atoms with Crippen LogP contribution in [0.5, 0.6) is 0 Å². The molecule has 2 fully saturated rings. The van der Waals surface area contributed by atoms with Crippen LogP contribution in [0, 0.1) is 11.8 Å². The molecule has 2 rings (SSSR count). The molecular weight excluding hydrogens is 143 g/mol. The summed E-state index contributed by atoms with van der Waals surface area (Å²) in [6.45, 7) is 0. The number of hydrogen-bond donors (Lipinski definition) is 0. The summed E-state index contributed by atoms with van der Waals surface area (Å²) in [5.74, 6) is 2.17. The third-order valence-corrected chi connectivity index (χ3v) is 2.69. The average Bonchev–Trinajstić information content (AvgIpc) is 2.37. The summed E-state index contributed by atoms with van der Waals surface area (Å²) in [5.41, 5.74) is 0. The van der Waals surface area contributed by atoms with Crippen molar-refractivity contribution in [3.05, 3.63) is 5.92 Å². The molecule has 1 unspecified atom stereocenters. The van der Waals surface area contributed by atoms with Crippen molar-refractivity contribution in [1.82, 2.24) is 0 Å². The topological polar surface area (TPSA) is 0 Å². The van der Waals surface area contributed by atoms with Gasteiger partial charge in [0, 0.05) is 5.92 Å². The van der Waals surface area contributed by atoms with Crippen molar-refractivity contribution < 1.29 is 0 Å². The summed E-state index contributed by atoms with van der Waals surface area (Å²) in [6.07, 6.45) is 3.57. The van der Waals surface area contributed by atoms with Crippen LogP contribution in [0.25, 0.3) is 0 Å². The molecule has 0 aromatic carbocycles. The highest BCUT2D eigenvalue weighted by Gasteiger charge is 2.58. The lowest BCUT2D eigenvalue weighted by Gasteiger charge is -1.91. The Bertz CT molecular complexity index is 116. The summed E-state index contributed by atoms with van der Waals surface area (Å²) >= 11 is 11.6. The lowest BCUT2D eigenvalue weighted by molar-refractivity contribution is 0.952. The zero-order chi connectivity index (χ0) is 5.78. The highest BCUT2D eigenvalue weighted by atomic mass is 35.5. The Morgan fingerprint density at radius 2 is 1.88 bits per heavy atom. The molecule has 0 amide bonds. The van der Waals surface area contributed by atoms with E-state index in [1.165, 1.54) is 12.8 Å². The molecule has 0 nitrogen and oxygen atoms in total. The van der Waals surface area contributed by atoms with Gasteiger partial charge in [0.05, 0.1) is 0 Å². The van der Waals surface area contributed by atoms with E-state index in [2.05, 4.69) is 0 Å². The molecule has 2 saturated carbocycles. The Labute approximate surface area is 59.2 Å². The van der Waals surface area contributed by atoms with Crippen LogP contribution in [0.1, 0.15) is 19.3 Å². The molecule has 0 heterocycles. The predicted molar refractivity (Wildman–Crippen MR) is 35.0 cm³/mol. The fourth-order valence-corrected chi connectivity index (χ4v) is 1.69. The maximum Gasteiger partial charge on any atom is 0.122 e. The van der Waals surface area contributed by atoms with Crippen LogP contribution in [0.2, 0.25) is 0 Å². The molecule has 8 heavy (non-hydrogen) atoms. The first-order valence-electron chi connectivity index (χ1n) is 2.92. The smallest absolute Gasteiger partial charge is 0.101 e. The molecule has 0 aliphatic heterocycles. The van der Waals surface area contributed by atoms with Crippen LogP contribution < -0.4 is 0 Å². The minimum atomic E-state index is -0.341. The van der Waals surface area contributed by atoms with Crippen molar-refractivity contribution in [2.45, 2.75) is 23.6 Å². The predicted octanol–water partition coefficient (Wildman–Crippen LogP) is 2.55. The zero-order valence-corrected chi connectivity index (χ0v) is 5.97. The summed E-state index contributed by atoms with van der Waals surface area (Å²) < 4.78 is -0.341. The number of hydrogen-bond acceptors (Lipinski definition) is 0. The molecule has 0 N–H and O–H groups in total. The summed E-state index contributed by atoms with van der Waals surface area (Å²) in [7, 11) is 0. The van der Waals surface area contributed by atoms with Gasteiger partial charge in [0.15, 0.2) is 0 Å². The second-order valence-electron chi connectivity index (χ2n) is 2.68. The molecule has 0 saturated heterocycles. The average molecular weight is 150 g/mol. The second-order valence-corrected chi connectivity index (χ2v) is 4.22. The molecule has 0 aromatic rings. The van der Waals surface area contributed by atoms with Gasteiger partial charge in [0.25, 0.3) is 0 Å². The van der Waals surface area contributed by atoms with Crippen molar-refractivity contribution >= 4 is 23.2 Å². The fourth-order valence-electron chi connectivity index (χ4n) is 1.08. The van der Waals surface area contributed by atoms with Crippen LogP contribution in [0.15, 0.2) is 0 Å². The van der Waals surface area contributed by atoms with Crippen LogP contribution in [0.4, 0.5) is 0 Å². The molecule has 1 radical (unpaired) electrons. The maximum absolute atomic E-state index is 5.79. The van der Waals surface area contributed by atoms with E-state index in [1.54, 1.807) is 5.92 Å². The van der Waals surface area contributed by atoms with Gasteiger partial charge in [-0.2, -0.15) is 0 Å². The van der Waals surface area contributed by atoms with Gasteiger partial charge in [-0.3, -0.25) is 0 Å². The molecular formula is C6H7Cl2. The van der Waals surface area contributed by atoms with E-state index < -0.39 is 0 Å². The van der Waals surface area contributed by atoms with Gasteiger partial charge in [-0.1, -0.05) is 0 Å². The van der Waals surface area contributed by atoms with Crippen molar-refractivity contribution in [2.24, 2.45) is 5.92 Å². The standard InChI is InChI=1S/C6H7Cl2/c7-6(8)3-5(6)4-1-2-4/h5H,1-3H2. The molecule has 1 atom stereocenters. The minimum absolute atomic E-state index is 0.341. The Morgan fingerprint density at radius 1 is 1.38 bits per heavy atom. The number of alkyl halides is 2. The molecule has 2 aliphatic carbocycles. The first-order valence-corrected chi connectivity index (χ1v) is 3.68. The Morgan fingerprint density at radius 3 is 2.00 bits per heavy atom. The molecule has 0 aromatic heterocycles. The van der Waals surface area contributed by atoms with Gasteiger partial charge in [-0.25, -0.2) is 0 Å². The van der Waals surface area contributed by atoms with Crippen molar-refractivity contribution in [1.29, 1.82) is 0 Å². The third kappa shape index (κ3) is 0.745. The highest BCUT2D eigenvalue weighted by Crippen LogP contribution is 2.64. The van der Waals surface area contributed by atoms with E-state index >= 15 is 0 Å². The van der Waals surface area contributed by atoms with Crippen LogP contribution in [0.3, 0.4) is 0 Å². The van der Waals surface area contributed by atoms with Gasteiger partial charge in [-0.05, 0) is 25.2 Å². The van der Waals surface area contributed by atoms with Gasteiger partial charge in [0.2, 0.25) is 0 Å². The molecule has 45 valence electrons. The minimum Gasteiger partial charge on any atom is -0.101 e. The Balaban J connectivity index is 1.95. The van der Waals surface area contributed by atoms with E-state index in [-0.39, 0.29) is 4.33 Å². The molecule has 0 bridgehead atoms. The highest BCUT2D eigenvalue weighted by molar-refractivity contribution is 6.51. The summed E-state index contributed by atoms with van der Waals surface area (Å²) in [5, 5.41) is 0. The Kier molecular flexibility index (Phi) is 0.908. The van der Waals surface area contributed by atoms with E-state index in [9.17, 15) is 0 Å². The first kappa shape index (κ1) is 5.37. The lowest BCUT2D eigenvalue weighted by Crippen LogP contribution is -1.88. The van der Waals surface area contributed by atoms with Crippen molar-refractivity contribution in [2.75, 3.05) is 0 Å². The van der Waals surface area contributed by atoms with Gasteiger partial charge >= 0.3 is 0 Å². The summed E-state index contributed by atoms with van der Waals surface area (Å²) in [4.78, 5) is 0. The largest absolute Gasteiger partial charge is 0.122 e. The lowest BCUT2D eigenvalue weighted by atomic mass is 10.3. The van der Waals surface area contributed by atoms with Crippen LogP contribution in [-0.2, 0) is 0 Å². The molecule has 2 heteroatoms. The second kappa shape index (κ2) is 1.35. The monoisotopic (exact) mass is 149 g/mol. The van der Waals surface area contributed by atoms with Crippen LogP contribution in [-0.4, -0.2) is 4.33 Å². The maximum atomic E-state index is 5.79. The van der Waals surface area contributed by atoms with Crippen molar-refractivity contribution in [3.63, 3.8) is 0 Å². The van der Waals surface area contributed by atoms with Gasteiger partial charge in [0.1, 0.15) is 4.33 Å². The quantitative estimate of drug-likeness (QED) is 0.504. The normalized spacial score (nSPS) is 42.0. The van der Waals surface area contributed by atoms with Crippen LogP contribution >= 0.6 is 23.2 Å². The molecule has 0 spiro atoms. The number of rotatable bonds is 1. The fraction of sp³-hybridized carbons (Fsp3) is 0.833. The van der Waals surface area contributed by atoms with Crippen molar-refractivity contribution in [3.8, 4) is 0 Å². The summed E-state index contributed by atoms with van der Waals surface area (Å²) in [6, 6.07) is 0. The van der Waals surface area contributed by atoms with Gasteiger partial charge < -0.3 is 0 Å². The SMILES string of the molecule is ClC1(Cl)CC1[C]1CC1. The van der Waals surface area contributed by atoms with E-state index in [0.29, 0.717) is 5.92 Å². The van der Waals surface area contributed by atoms with Gasteiger partial charge in [-0.15, -0.1) is 23.2 Å². The third-order valence-electron chi connectivity index (χ3n) is 1.86. The zero-order valence-electron chi connectivity index (χ0n) is 4.45. The number of halogens is 2. The van der Waals surface area contributed by atoms with E-state index in [0.717, 1.165) is 6.42 Å². The first-order chi connectivity index (χ1) is 3.70. The van der Waals surface area contributed by atoms with E-state index in [1.807, 2.05) is 0 Å². The Hall–Kier alpha value is 0.580. The molecule has 2 aliphatic rings. The van der Waals surface area contributed by atoms with E-state index in [4.69, 9.17) is 23.2 Å².